The maximum atomic E-state index is 6.23. The summed E-state index contributed by atoms with van der Waals surface area (Å²) in [4.78, 5) is 9.01. The molecule has 2 aromatic carbocycles. The maximum absolute atomic E-state index is 6.23. The van der Waals surface area contributed by atoms with E-state index < -0.39 is 0 Å². The van der Waals surface area contributed by atoms with Crippen LogP contribution in [0.1, 0.15) is 42.0 Å². The van der Waals surface area contributed by atoms with Gasteiger partial charge in [-0.1, -0.05) is 43.6 Å². The lowest BCUT2D eigenvalue weighted by atomic mass is 9.95. The van der Waals surface area contributed by atoms with Gasteiger partial charge in [-0.25, -0.2) is 4.99 Å². The molecule has 0 saturated carbocycles. The van der Waals surface area contributed by atoms with E-state index in [2.05, 4.69) is 41.5 Å². The number of pyridine rings is 1. The summed E-state index contributed by atoms with van der Waals surface area (Å²) in [5.74, 6) is 1.08. The first-order chi connectivity index (χ1) is 13.1. The average Bonchev–Trinajstić information content (AvgIpc) is 2.87. The van der Waals surface area contributed by atoms with Gasteiger partial charge in [0.15, 0.2) is 5.84 Å². The predicted octanol–water partition coefficient (Wildman–Crippen LogP) is 5.29. The molecule has 0 unspecified atom stereocenters. The molecule has 3 aromatic rings. The Bertz CT molecular complexity index is 1040. The summed E-state index contributed by atoms with van der Waals surface area (Å²) in [6.07, 6.45) is 3.51. The minimum absolute atomic E-state index is 0.411. The predicted molar refractivity (Wildman–Crippen MR) is 111 cm³/mol. The number of amidine groups is 1. The van der Waals surface area contributed by atoms with Crippen LogP contribution in [0.25, 0.3) is 0 Å². The van der Waals surface area contributed by atoms with Crippen molar-refractivity contribution in [1.82, 2.24) is 10.4 Å². The van der Waals surface area contributed by atoms with E-state index in [0.717, 1.165) is 28.1 Å². The highest BCUT2D eigenvalue weighted by molar-refractivity contribution is 6.31. The summed E-state index contributed by atoms with van der Waals surface area (Å²) < 4.78 is 0. The number of hydrogen-bond acceptors (Lipinski definition) is 4. The van der Waals surface area contributed by atoms with Crippen LogP contribution in [0.2, 0.25) is 5.02 Å². The van der Waals surface area contributed by atoms with Gasteiger partial charge >= 0.3 is 0 Å². The van der Waals surface area contributed by atoms with E-state index in [-0.39, 0.29) is 0 Å². The van der Waals surface area contributed by atoms with Crippen LogP contribution < -0.4 is 5.43 Å². The van der Waals surface area contributed by atoms with Crippen molar-refractivity contribution in [2.75, 3.05) is 0 Å². The fraction of sp³-hybridized carbons (Fsp3) is 0.136. The minimum Gasteiger partial charge on any atom is -0.264 e. The highest BCUT2D eigenvalue weighted by Crippen LogP contribution is 2.29. The van der Waals surface area contributed by atoms with Crippen molar-refractivity contribution in [3.8, 4) is 0 Å². The molecule has 5 heteroatoms. The quantitative estimate of drug-likeness (QED) is 0.676. The zero-order valence-electron chi connectivity index (χ0n) is 15.1. The van der Waals surface area contributed by atoms with Crippen LogP contribution in [0, 0.1) is 0 Å². The minimum atomic E-state index is 0.411. The Morgan fingerprint density at radius 1 is 0.963 bits per heavy atom. The Labute approximate surface area is 163 Å². The highest BCUT2D eigenvalue weighted by Gasteiger charge is 2.18. The van der Waals surface area contributed by atoms with E-state index in [1.54, 1.807) is 12.4 Å². The van der Waals surface area contributed by atoms with Crippen LogP contribution in [0.4, 0.5) is 5.69 Å². The Balaban J connectivity index is 1.90. The second-order valence-corrected chi connectivity index (χ2v) is 7.15. The first-order valence-electron chi connectivity index (χ1n) is 8.85. The van der Waals surface area contributed by atoms with Gasteiger partial charge in [-0.15, -0.1) is 0 Å². The summed E-state index contributed by atoms with van der Waals surface area (Å²) in [5.41, 5.74) is 8.84. The normalized spacial score (nSPS) is 13.3. The summed E-state index contributed by atoms with van der Waals surface area (Å²) in [5, 5.41) is 5.36. The fourth-order valence-corrected chi connectivity index (χ4v) is 3.19. The van der Waals surface area contributed by atoms with E-state index in [0.29, 0.717) is 16.8 Å². The molecule has 1 aliphatic heterocycles. The zero-order chi connectivity index (χ0) is 18.8. The number of aromatic nitrogens is 1. The molecule has 0 spiro atoms. The molecule has 0 saturated heterocycles. The number of fused-ring (bicyclic) bond motifs is 1. The van der Waals surface area contributed by atoms with Crippen molar-refractivity contribution in [1.29, 1.82) is 0 Å². The monoisotopic (exact) mass is 374 g/mol. The maximum Gasteiger partial charge on any atom is 0.155 e. The lowest BCUT2D eigenvalue weighted by Gasteiger charge is -2.12. The van der Waals surface area contributed by atoms with Gasteiger partial charge in [-0.2, -0.15) is 5.10 Å². The molecule has 0 bridgehead atoms. The summed E-state index contributed by atoms with van der Waals surface area (Å²) >= 11 is 6.23. The third-order valence-corrected chi connectivity index (χ3v) is 4.72. The number of rotatable bonds is 3. The van der Waals surface area contributed by atoms with Gasteiger partial charge in [0.25, 0.3) is 0 Å². The van der Waals surface area contributed by atoms with E-state index >= 15 is 0 Å². The van der Waals surface area contributed by atoms with Gasteiger partial charge in [0, 0.05) is 34.1 Å². The molecule has 27 heavy (non-hydrogen) atoms. The van der Waals surface area contributed by atoms with Gasteiger partial charge in [0.1, 0.15) is 5.71 Å². The number of halogens is 1. The van der Waals surface area contributed by atoms with Crippen LogP contribution in [0.5, 0.6) is 0 Å². The van der Waals surface area contributed by atoms with E-state index in [1.165, 1.54) is 5.56 Å². The largest absolute Gasteiger partial charge is 0.264 e. The Hall–Kier alpha value is -2.98. The van der Waals surface area contributed by atoms with Crippen molar-refractivity contribution >= 4 is 28.8 Å². The second kappa shape index (κ2) is 7.33. The highest BCUT2D eigenvalue weighted by atomic mass is 35.5. The Kier molecular flexibility index (Phi) is 4.73. The van der Waals surface area contributed by atoms with Crippen LogP contribution >= 0.6 is 11.6 Å². The summed E-state index contributed by atoms with van der Waals surface area (Å²) in [6.45, 7) is 4.36. The van der Waals surface area contributed by atoms with Gasteiger partial charge in [-0.05, 0) is 47.9 Å². The van der Waals surface area contributed by atoms with Crippen LogP contribution in [0.15, 0.2) is 77.1 Å². The molecule has 1 aliphatic rings. The number of aliphatic imine (C=N–C) groups is 1. The van der Waals surface area contributed by atoms with Crippen LogP contribution in [-0.2, 0) is 0 Å². The van der Waals surface area contributed by atoms with Crippen molar-refractivity contribution in [3.05, 3.63) is 94.3 Å². The van der Waals surface area contributed by atoms with E-state index in [1.807, 2.05) is 42.5 Å². The second-order valence-electron chi connectivity index (χ2n) is 6.72. The molecule has 0 aliphatic carbocycles. The van der Waals surface area contributed by atoms with Crippen molar-refractivity contribution in [2.24, 2.45) is 10.1 Å². The third-order valence-electron chi connectivity index (χ3n) is 4.48. The lowest BCUT2D eigenvalue weighted by molar-refractivity contribution is 0.866. The van der Waals surface area contributed by atoms with Gasteiger partial charge < -0.3 is 0 Å². The van der Waals surface area contributed by atoms with Crippen molar-refractivity contribution in [3.63, 3.8) is 0 Å². The first-order valence-corrected chi connectivity index (χ1v) is 9.22. The molecular formula is C22H19ClN4. The van der Waals surface area contributed by atoms with Gasteiger partial charge in [0.05, 0.1) is 5.69 Å². The third kappa shape index (κ3) is 3.62. The molecule has 2 heterocycles. The zero-order valence-corrected chi connectivity index (χ0v) is 15.9. The summed E-state index contributed by atoms with van der Waals surface area (Å²) in [6, 6.07) is 17.9. The number of hydrazone groups is 1. The van der Waals surface area contributed by atoms with E-state index in [9.17, 15) is 0 Å². The Morgan fingerprint density at radius 2 is 1.81 bits per heavy atom. The standard InChI is InChI=1S/C22H19ClN4/c1-14(2)15-8-9-20-19(12-15)21(16-5-3-7-18(23)11-16)26-27-22(25-20)17-6-4-10-24-13-17/h3-14H,1-2H3,(H,25,27). The molecule has 4 rings (SSSR count). The fourth-order valence-electron chi connectivity index (χ4n) is 3.00. The molecule has 1 N–H and O–H groups in total. The van der Waals surface area contributed by atoms with Gasteiger partial charge in [-0.3, -0.25) is 10.4 Å². The number of hydrogen-bond donors (Lipinski definition) is 1. The van der Waals surface area contributed by atoms with E-state index in [4.69, 9.17) is 16.6 Å². The van der Waals surface area contributed by atoms with Crippen LogP contribution in [-0.4, -0.2) is 16.5 Å². The van der Waals surface area contributed by atoms with Crippen molar-refractivity contribution in [2.45, 2.75) is 19.8 Å². The SMILES string of the molecule is CC(C)c1ccc2c(c1)C(c1cccc(Cl)c1)=NNC(c1cccnc1)=N2. The molecular weight excluding hydrogens is 356 g/mol. The number of benzene rings is 2. The number of nitrogens with zero attached hydrogens (tertiary/aromatic N) is 3. The summed E-state index contributed by atoms with van der Waals surface area (Å²) in [7, 11) is 0. The molecule has 0 radical (unpaired) electrons. The smallest absolute Gasteiger partial charge is 0.155 e. The molecule has 4 nitrogen and oxygen atoms in total. The first kappa shape index (κ1) is 17.4. The molecule has 0 amide bonds. The topological polar surface area (TPSA) is 49.6 Å². The van der Waals surface area contributed by atoms with Crippen LogP contribution in [0.3, 0.4) is 0 Å². The molecule has 0 fully saturated rings. The molecule has 0 atom stereocenters. The number of nitrogens with one attached hydrogen (secondary N) is 1. The molecule has 1 aromatic heterocycles. The van der Waals surface area contributed by atoms with Gasteiger partial charge in [0.2, 0.25) is 0 Å². The average molecular weight is 375 g/mol. The lowest BCUT2D eigenvalue weighted by Crippen LogP contribution is -2.19. The Morgan fingerprint density at radius 3 is 2.56 bits per heavy atom. The molecule has 134 valence electrons. The van der Waals surface area contributed by atoms with Crippen molar-refractivity contribution < 1.29 is 0 Å².